The van der Waals surface area contributed by atoms with E-state index in [1.54, 1.807) is 0 Å². The van der Waals surface area contributed by atoms with E-state index in [4.69, 9.17) is 4.74 Å². The zero-order valence-corrected chi connectivity index (χ0v) is 15.1. The van der Waals surface area contributed by atoms with Gasteiger partial charge in [0.1, 0.15) is 0 Å². The summed E-state index contributed by atoms with van der Waals surface area (Å²) in [4.78, 5) is 15.1. The predicted octanol–water partition coefficient (Wildman–Crippen LogP) is 2.65. The van der Waals surface area contributed by atoms with E-state index in [9.17, 15) is 4.79 Å². The first-order valence-electron chi connectivity index (χ1n) is 10.1. The van der Waals surface area contributed by atoms with Crippen molar-refractivity contribution in [3.8, 4) is 0 Å². The predicted molar refractivity (Wildman–Crippen MR) is 94.0 cm³/mol. The van der Waals surface area contributed by atoms with Gasteiger partial charge in [0, 0.05) is 43.2 Å². The number of amides is 2. The van der Waals surface area contributed by atoms with Crippen LogP contribution in [0.4, 0.5) is 4.79 Å². The van der Waals surface area contributed by atoms with Gasteiger partial charge in [-0.2, -0.15) is 0 Å². The summed E-state index contributed by atoms with van der Waals surface area (Å²) in [5.41, 5.74) is 0.225. The van der Waals surface area contributed by atoms with Crippen molar-refractivity contribution in [2.75, 3.05) is 19.7 Å². The van der Waals surface area contributed by atoms with Crippen molar-refractivity contribution in [1.29, 1.82) is 0 Å². The van der Waals surface area contributed by atoms with Crippen molar-refractivity contribution in [2.24, 2.45) is 5.41 Å². The van der Waals surface area contributed by atoms with Gasteiger partial charge in [-0.15, -0.1) is 0 Å². The van der Waals surface area contributed by atoms with Crippen molar-refractivity contribution in [3.63, 3.8) is 0 Å². The SMILES string of the molecule is CCO[C@@H]1C[C@H](NC(=O)NC2CCN(C3CC3)CC2)C12CCCC2. The van der Waals surface area contributed by atoms with Crippen molar-refractivity contribution in [3.05, 3.63) is 0 Å². The highest BCUT2D eigenvalue weighted by Gasteiger charge is 2.57. The van der Waals surface area contributed by atoms with Crippen molar-refractivity contribution < 1.29 is 9.53 Å². The number of nitrogens with one attached hydrogen (secondary N) is 2. The van der Waals surface area contributed by atoms with Crippen LogP contribution in [-0.2, 0) is 4.74 Å². The van der Waals surface area contributed by atoms with Gasteiger partial charge in [-0.3, -0.25) is 0 Å². The summed E-state index contributed by atoms with van der Waals surface area (Å²) < 4.78 is 5.94. The number of rotatable bonds is 5. The van der Waals surface area contributed by atoms with Crippen LogP contribution in [0.1, 0.15) is 64.7 Å². The Labute approximate surface area is 145 Å². The normalized spacial score (nSPS) is 33.4. The van der Waals surface area contributed by atoms with Crippen molar-refractivity contribution >= 4 is 6.03 Å². The fourth-order valence-electron chi connectivity index (χ4n) is 5.32. The number of hydrogen-bond donors (Lipinski definition) is 2. The lowest BCUT2D eigenvalue weighted by atomic mass is 9.60. The zero-order chi connectivity index (χ0) is 16.6. The molecule has 0 aromatic heterocycles. The number of carbonyl (C=O) groups is 1. The molecule has 24 heavy (non-hydrogen) atoms. The Balaban J connectivity index is 1.24. The van der Waals surface area contributed by atoms with E-state index in [-0.39, 0.29) is 11.4 Å². The fraction of sp³-hybridized carbons (Fsp3) is 0.947. The summed E-state index contributed by atoms with van der Waals surface area (Å²) in [5, 5.41) is 6.52. The van der Waals surface area contributed by atoms with Crippen molar-refractivity contribution in [1.82, 2.24) is 15.5 Å². The second kappa shape index (κ2) is 6.83. The Morgan fingerprint density at radius 3 is 2.46 bits per heavy atom. The summed E-state index contributed by atoms with van der Waals surface area (Å²) >= 11 is 0. The topological polar surface area (TPSA) is 53.6 Å². The molecule has 3 saturated carbocycles. The number of nitrogens with zero attached hydrogens (tertiary/aromatic N) is 1. The molecule has 0 unspecified atom stereocenters. The standard InChI is InChI=1S/C19H33N3O2/c1-2-24-17-13-16(19(17)9-3-4-10-19)21-18(23)20-14-7-11-22(12-8-14)15-5-6-15/h14-17H,2-13H2,1H3,(H2,20,21,23)/t16-,17+/m0/s1. The average molecular weight is 335 g/mol. The van der Waals surface area contributed by atoms with E-state index in [1.165, 1.54) is 38.5 Å². The largest absolute Gasteiger partial charge is 0.378 e. The molecular weight excluding hydrogens is 302 g/mol. The third kappa shape index (κ3) is 3.17. The third-order valence-electron chi connectivity index (χ3n) is 6.92. The van der Waals surface area contributed by atoms with Crippen LogP contribution in [0, 0.1) is 5.41 Å². The maximum atomic E-state index is 12.5. The van der Waals surface area contributed by atoms with Gasteiger partial charge in [0.15, 0.2) is 0 Å². The molecule has 5 nitrogen and oxygen atoms in total. The van der Waals surface area contributed by atoms with E-state index in [2.05, 4.69) is 22.5 Å². The Bertz CT molecular complexity index is 452. The summed E-state index contributed by atoms with van der Waals surface area (Å²) in [6.45, 7) is 5.15. The average Bonchev–Trinajstić information content (AvgIpc) is 3.29. The molecule has 136 valence electrons. The second-order valence-electron chi connectivity index (χ2n) is 8.33. The lowest BCUT2D eigenvalue weighted by molar-refractivity contribution is -0.126. The molecule has 0 aromatic rings. The quantitative estimate of drug-likeness (QED) is 0.812. The molecule has 4 fully saturated rings. The van der Waals surface area contributed by atoms with Gasteiger partial charge in [0.25, 0.3) is 0 Å². The third-order valence-corrected chi connectivity index (χ3v) is 6.92. The fourth-order valence-corrected chi connectivity index (χ4v) is 5.32. The van der Waals surface area contributed by atoms with Gasteiger partial charge >= 0.3 is 6.03 Å². The monoisotopic (exact) mass is 335 g/mol. The molecule has 5 heteroatoms. The maximum absolute atomic E-state index is 12.5. The summed E-state index contributed by atoms with van der Waals surface area (Å²) in [6.07, 6.45) is 11.3. The number of likely N-dealkylation sites (tertiary alicyclic amines) is 1. The molecule has 4 aliphatic rings. The van der Waals surface area contributed by atoms with Crippen LogP contribution in [0.5, 0.6) is 0 Å². The van der Waals surface area contributed by atoms with Crippen LogP contribution in [0.15, 0.2) is 0 Å². The number of urea groups is 1. The van der Waals surface area contributed by atoms with Crippen LogP contribution >= 0.6 is 0 Å². The maximum Gasteiger partial charge on any atom is 0.315 e. The Kier molecular flexibility index (Phi) is 4.74. The van der Waals surface area contributed by atoms with Gasteiger partial charge < -0.3 is 20.3 Å². The molecule has 2 amide bonds. The molecule has 0 radical (unpaired) electrons. The van der Waals surface area contributed by atoms with E-state index >= 15 is 0 Å². The highest BCUT2D eigenvalue weighted by molar-refractivity contribution is 5.75. The first-order chi connectivity index (χ1) is 11.7. The lowest BCUT2D eigenvalue weighted by Crippen LogP contribution is -2.65. The summed E-state index contributed by atoms with van der Waals surface area (Å²) in [5.74, 6) is 0. The molecule has 1 spiro atoms. The van der Waals surface area contributed by atoms with E-state index in [1.807, 2.05) is 0 Å². The first kappa shape index (κ1) is 16.6. The molecule has 3 aliphatic carbocycles. The molecular formula is C19H33N3O2. The molecule has 1 saturated heterocycles. The second-order valence-corrected chi connectivity index (χ2v) is 8.33. The van der Waals surface area contributed by atoms with Gasteiger partial charge in [-0.05, 0) is 51.9 Å². The number of ether oxygens (including phenoxy) is 1. The minimum atomic E-state index is 0.0473. The van der Waals surface area contributed by atoms with Crippen LogP contribution in [-0.4, -0.2) is 54.9 Å². The van der Waals surface area contributed by atoms with Gasteiger partial charge in [-0.1, -0.05) is 12.8 Å². The molecule has 2 atom stereocenters. The number of hydrogen-bond acceptors (Lipinski definition) is 3. The summed E-state index contributed by atoms with van der Waals surface area (Å²) in [6, 6.07) is 1.56. The molecule has 1 aliphatic heterocycles. The molecule has 0 aromatic carbocycles. The van der Waals surface area contributed by atoms with E-state index in [0.717, 1.165) is 45.0 Å². The minimum absolute atomic E-state index is 0.0473. The smallest absolute Gasteiger partial charge is 0.315 e. The Hall–Kier alpha value is -0.810. The van der Waals surface area contributed by atoms with Gasteiger partial charge in [0.05, 0.1) is 6.10 Å². The summed E-state index contributed by atoms with van der Waals surface area (Å²) in [7, 11) is 0. The molecule has 0 bridgehead atoms. The highest BCUT2D eigenvalue weighted by Crippen LogP contribution is 2.54. The van der Waals surface area contributed by atoms with Gasteiger partial charge in [-0.25, -0.2) is 4.79 Å². The van der Waals surface area contributed by atoms with E-state index in [0.29, 0.717) is 18.2 Å². The van der Waals surface area contributed by atoms with Crippen LogP contribution in [0.25, 0.3) is 0 Å². The van der Waals surface area contributed by atoms with Gasteiger partial charge in [0.2, 0.25) is 0 Å². The Morgan fingerprint density at radius 1 is 1.12 bits per heavy atom. The minimum Gasteiger partial charge on any atom is -0.378 e. The number of carbonyl (C=O) groups excluding carboxylic acids is 1. The van der Waals surface area contributed by atoms with E-state index < -0.39 is 0 Å². The van der Waals surface area contributed by atoms with Crippen LogP contribution < -0.4 is 10.6 Å². The Morgan fingerprint density at radius 2 is 1.83 bits per heavy atom. The lowest BCUT2D eigenvalue weighted by Gasteiger charge is -2.54. The zero-order valence-electron chi connectivity index (χ0n) is 15.1. The van der Waals surface area contributed by atoms with Crippen molar-refractivity contribution in [2.45, 2.75) is 88.9 Å². The highest BCUT2D eigenvalue weighted by atomic mass is 16.5. The molecule has 1 heterocycles. The molecule has 2 N–H and O–H groups in total. The number of piperidine rings is 1. The van der Waals surface area contributed by atoms with Crippen LogP contribution in [0.3, 0.4) is 0 Å². The first-order valence-corrected chi connectivity index (χ1v) is 10.1. The molecule has 4 rings (SSSR count). The van der Waals surface area contributed by atoms with Crippen LogP contribution in [0.2, 0.25) is 0 Å².